The van der Waals surface area contributed by atoms with Crippen LogP contribution in [0.2, 0.25) is 0 Å². The van der Waals surface area contributed by atoms with Gasteiger partial charge in [0.15, 0.2) is 0 Å². The van der Waals surface area contributed by atoms with Gasteiger partial charge in [-0.25, -0.2) is 0 Å². The zero-order chi connectivity index (χ0) is 24.4. The summed E-state index contributed by atoms with van der Waals surface area (Å²) in [5.74, 6) is 1.29. The van der Waals surface area contributed by atoms with Crippen LogP contribution in [0.4, 0.5) is 0 Å². The van der Waals surface area contributed by atoms with Crippen LogP contribution in [0.25, 0.3) is 0 Å². The maximum absolute atomic E-state index is 12.5. The highest BCUT2D eigenvalue weighted by Gasteiger charge is 2.31. The molecule has 0 spiro atoms. The number of rotatable bonds is 6. The molecular weight excluding hydrogens is 475 g/mol. The van der Waals surface area contributed by atoms with Crippen LogP contribution in [-0.2, 0) is 27.4 Å². The third-order valence-corrected chi connectivity index (χ3v) is 12.7. The first kappa shape index (κ1) is 27.3. The molecule has 2 aromatic rings. The molecular formula is C25H35O3PS3. The molecule has 0 unspecified atom stereocenters. The highest BCUT2D eigenvalue weighted by molar-refractivity contribution is 9.06. The second kappa shape index (κ2) is 10.1. The van der Waals surface area contributed by atoms with Crippen LogP contribution in [0.1, 0.15) is 73.4 Å². The summed E-state index contributed by atoms with van der Waals surface area (Å²) in [6.07, 6.45) is 0. The number of carbonyl (C=O) groups is 1. The van der Waals surface area contributed by atoms with Crippen molar-refractivity contribution in [3.05, 3.63) is 59.7 Å². The van der Waals surface area contributed by atoms with E-state index in [1.807, 2.05) is 69.3 Å². The molecule has 7 heteroatoms. The summed E-state index contributed by atoms with van der Waals surface area (Å²) in [5, 5.41) is 0.0371. The lowest BCUT2D eigenvalue weighted by Gasteiger charge is -2.25. The Balaban J connectivity index is 2.28. The Bertz CT molecular complexity index is 900. The highest BCUT2D eigenvalue weighted by atomic mass is 33.4. The van der Waals surface area contributed by atoms with Gasteiger partial charge in [0.05, 0.1) is 0 Å². The Labute approximate surface area is 206 Å². The summed E-state index contributed by atoms with van der Waals surface area (Å²) in [6.45, 7) is 18.7. The number of hydrogen-bond acceptors (Lipinski definition) is 6. The predicted molar refractivity (Wildman–Crippen MR) is 145 cm³/mol. The van der Waals surface area contributed by atoms with Crippen molar-refractivity contribution in [1.29, 1.82) is 0 Å². The monoisotopic (exact) mass is 510 g/mol. The predicted octanol–water partition coefficient (Wildman–Crippen LogP) is 8.92. The molecule has 0 aliphatic carbocycles. The van der Waals surface area contributed by atoms with Gasteiger partial charge in [-0.1, -0.05) is 86.6 Å². The molecule has 3 nitrogen and oxygen atoms in total. The highest BCUT2D eigenvalue weighted by Crippen LogP contribution is 2.65. The Kier molecular flexibility index (Phi) is 8.64. The molecule has 32 heavy (non-hydrogen) atoms. The fraction of sp³-hybridized carbons (Fsp3) is 0.480. The van der Waals surface area contributed by atoms with E-state index in [2.05, 4.69) is 41.5 Å². The third kappa shape index (κ3) is 8.13. The van der Waals surface area contributed by atoms with Crippen LogP contribution in [-0.4, -0.2) is 5.12 Å². The standard InChI is InChI=1S/C25H35O3PS3/c1-23(2,3)18-10-14-20(15-11-18)27-29(30,32-31-22(26)25(7,8)9)28-21-16-12-19(13-17-21)24(4,5)6/h10-17H,1-9H3. The first-order valence-corrected chi connectivity index (χ1v) is 16.0. The van der Waals surface area contributed by atoms with E-state index in [-0.39, 0.29) is 15.9 Å². The van der Waals surface area contributed by atoms with Crippen LogP contribution in [0.3, 0.4) is 0 Å². The maximum atomic E-state index is 12.5. The van der Waals surface area contributed by atoms with Gasteiger partial charge in [-0.2, -0.15) is 0 Å². The second-order valence-corrected chi connectivity index (χ2v) is 18.7. The van der Waals surface area contributed by atoms with E-state index >= 15 is 0 Å². The minimum atomic E-state index is -2.91. The average Bonchev–Trinajstić information content (AvgIpc) is 2.64. The van der Waals surface area contributed by atoms with E-state index in [0.29, 0.717) is 11.5 Å². The van der Waals surface area contributed by atoms with Crippen LogP contribution in [0.15, 0.2) is 48.5 Å². The van der Waals surface area contributed by atoms with Gasteiger partial charge in [0.2, 0.25) is 5.12 Å². The minimum Gasteiger partial charge on any atom is -0.428 e. The van der Waals surface area contributed by atoms with Crippen molar-refractivity contribution in [2.75, 3.05) is 0 Å². The largest absolute Gasteiger partial charge is 0.428 e. The maximum Gasteiger partial charge on any atom is 0.359 e. The molecule has 0 heterocycles. The van der Waals surface area contributed by atoms with E-state index < -0.39 is 11.1 Å². The quantitative estimate of drug-likeness (QED) is 0.285. The van der Waals surface area contributed by atoms with Crippen LogP contribution in [0.5, 0.6) is 11.5 Å². The smallest absolute Gasteiger partial charge is 0.359 e. The molecule has 0 fully saturated rings. The van der Waals surface area contributed by atoms with Crippen molar-refractivity contribution >= 4 is 43.8 Å². The molecule has 176 valence electrons. The zero-order valence-corrected chi connectivity index (χ0v) is 23.9. The van der Waals surface area contributed by atoms with Gasteiger partial charge in [-0.3, -0.25) is 4.79 Å². The van der Waals surface area contributed by atoms with Crippen LogP contribution >= 0.6 is 26.9 Å². The number of carbonyl (C=O) groups excluding carboxylic acids is 1. The summed E-state index contributed by atoms with van der Waals surface area (Å²) < 4.78 is 12.5. The van der Waals surface area contributed by atoms with Gasteiger partial charge in [0.1, 0.15) is 11.5 Å². The molecule has 0 N–H and O–H groups in total. The van der Waals surface area contributed by atoms with Gasteiger partial charge >= 0.3 is 5.69 Å². The SMILES string of the molecule is CC(C)(C)C(=O)SSP(=S)(Oc1ccc(C(C)(C)C)cc1)Oc1ccc(C(C)(C)C)cc1. The Morgan fingerprint density at radius 2 is 1.06 bits per heavy atom. The Hall–Kier alpha value is -0.940. The first-order chi connectivity index (χ1) is 14.5. The van der Waals surface area contributed by atoms with Crippen molar-refractivity contribution in [3.63, 3.8) is 0 Å². The summed E-state index contributed by atoms with van der Waals surface area (Å²) in [7, 11) is 2.33. The summed E-state index contributed by atoms with van der Waals surface area (Å²) >= 11 is 5.88. The molecule has 0 amide bonds. The van der Waals surface area contributed by atoms with Gasteiger partial charge in [-0.05, 0) is 57.0 Å². The summed E-state index contributed by atoms with van der Waals surface area (Å²) in [5.41, 5.74) is -0.859. The van der Waals surface area contributed by atoms with E-state index in [1.165, 1.54) is 21.5 Å². The lowest BCUT2D eigenvalue weighted by atomic mass is 9.87. The fourth-order valence-corrected chi connectivity index (χ4v) is 9.05. The lowest BCUT2D eigenvalue weighted by molar-refractivity contribution is -0.117. The normalized spacial score (nSPS) is 13.0. The molecule has 0 aliphatic heterocycles. The van der Waals surface area contributed by atoms with Crippen LogP contribution in [0, 0.1) is 5.41 Å². The molecule has 0 saturated carbocycles. The van der Waals surface area contributed by atoms with Gasteiger partial charge in [0, 0.05) is 27.6 Å². The fourth-order valence-electron chi connectivity index (χ4n) is 2.54. The molecule has 0 aromatic heterocycles. The van der Waals surface area contributed by atoms with E-state index in [9.17, 15) is 4.79 Å². The molecule has 0 bridgehead atoms. The Morgan fingerprint density at radius 3 is 1.34 bits per heavy atom. The summed E-state index contributed by atoms with van der Waals surface area (Å²) in [4.78, 5) is 12.5. The number of hydrogen-bond donors (Lipinski definition) is 0. The van der Waals surface area contributed by atoms with E-state index in [1.54, 1.807) is 0 Å². The number of benzene rings is 2. The molecule has 2 aromatic carbocycles. The third-order valence-electron chi connectivity index (χ3n) is 4.69. The van der Waals surface area contributed by atoms with Crippen molar-refractivity contribution in [1.82, 2.24) is 0 Å². The zero-order valence-electron chi connectivity index (χ0n) is 20.5. The second-order valence-electron chi connectivity index (χ2n) is 10.9. The van der Waals surface area contributed by atoms with Gasteiger partial charge in [0.25, 0.3) is 0 Å². The van der Waals surface area contributed by atoms with Crippen molar-refractivity contribution in [2.45, 2.75) is 73.1 Å². The molecule has 0 radical (unpaired) electrons. The van der Waals surface area contributed by atoms with Crippen LogP contribution < -0.4 is 9.05 Å². The molecule has 0 atom stereocenters. The van der Waals surface area contributed by atoms with Crippen molar-refractivity contribution < 1.29 is 13.8 Å². The first-order valence-electron chi connectivity index (χ1n) is 10.6. The van der Waals surface area contributed by atoms with Crippen molar-refractivity contribution in [2.24, 2.45) is 5.41 Å². The Morgan fingerprint density at radius 1 is 0.719 bits per heavy atom. The molecule has 0 aliphatic rings. The van der Waals surface area contributed by atoms with Gasteiger partial charge in [-0.15, -0.1) is 0 Å². The molecule has 0 saturated heterocycles. The van der Waals surface area contributed by atoms with Gasteiger partial charge < -0.3 is 9.05 Å². The van der Waals surface area contributed by atoms with E-state index in [4.69, 9.17) is 20.9 Å². The lowest BCUT2D eigenvalue weighted by Crippen LogP contribution is -2.15. The summed E-state index contributed by atoms with van der Waals surface area (Å²) in [6, 6.07) is 15.9. The topological polar surface area (TPSA) is 35.5 Å². The minimum absolute atomic E-state index is 0.0371. The molecule has 2 rings (SSSR count). The van der Waals surface area contributed by atoms with E-state index in [0.717, 1.165) is 10.8 Å². The average molecular weight is 511 g/mol. The van der Waals surface area contributed by atoms with Crippen molar-refractivity contribution in [3.8, 4) is 11.5 Å².